The number of esters is 1. The van der Waals surface area contributed by atoms with Gasteiger partial charge in [0.05, 0.1) is 6.61 Å². The smallest absolute Gasteiger partial charge is 0.302 e. The quantitative estimate of drug-likeness (QED) is 0.492. The van der Waals surface area contributed by atoms with Crippen molar-refractivity contribution < 1.29 is 9.53 Å². The number of carbonyl (C=O) groups is 1. The van der Waals surface area contributed by atoms with Gasteiger partial charge < -0.3 is 4.74 Å². The summed E-state index contributed by atoms with van der Waals surface area (Å²) in [5.41, 5.74) is 2.72. The van der Waals surface area contributed by atoms with E-state index in [9.17, 15) is 4.79 Å². The fourth-order valence-electron chi connectivity index (χ4n) is 7.93. The predicted molar refractivity (Wildman–Crippen MR) is 96.4 cm³/mol. The summed E-state index contributed by atoms with van der Waals surface area (Å²) in [6.45, 7) is 11.6. The summed E-state index contributed by atoms with van der Waals surface area (Å²) >= 11 is 0. The summed E-state index contributed by atoms with van der Waals surface area (Å²) in [6.07, 6.45) is 12.1. The maximum atomic E-state index is 11.4. The van der Waals surface area contributed by atoms with E-state index in [2.05, 4.69) is 20.4 Å². The number of ether oxygens (including phenoxy) is 1. The second-order valence-electron chi connectivity index (χ2n) is 10.1. The van der Waals surface area contributed by atoms with E-state index < -0.39 is 0 Å². The first kappa shape index (κ1) is 16.7. The molecule has 0 saturated heterocycles. The van der Waals surface area contributed by atoms with Crippen molar-refractivity contribution in [3.63, 3.8) is 0 Å². The van der Waals surface area contributed by atoms with Crippen LogP contribution in [0.1, 0.15) is 78.6 Å². The third-order valence-corrected chi connectivity index (χ3v) is 8.79. The van der Waals surface area contributed by atoms with Crippen molar-refractivity contribution >= 4 is 5.97 Å². The molecule has 4 rings (SSSR count). The average Bonchev–Trinajstić information content (AvgIpc) is 2.74. The van der Waals surface area contributed by atoms with Crippen LogP contribution in [0.5, 0.6) is 0 Å². The summed E-state index contributed by atoms with van der Waals surface area (Å²) in [5.74, 6) is 2.26. The van der Waals surface area contributed by atoms with Crippen LogP contribution in [0.4, 0.5) is 0 Å². The molecule has 0 aromatic heterocycles. The van der Waals surface area contributed by atoms with Crippen molar-refractivity contribution in [1.29, 1.82) is 0 Å². The van der Waals surface area contributed by atoms with Crippen LogP contribution in [-0.2, 0) is 9.53 Å². The second kappa shape index (κ2) is 5.35. The van der Waals surface area contributed by atoms with Gasteiger partial charge in [0.1, 0.15) is 0 Å². The molecular weight excluding hydrogens is 296 g/mol. The van der Waals surface area contributed by atoms with Gasteiger partial charge in [0, 0.05) is 12.3 Å². The first-order chi connectivity index (χ1) is 11.3. The van der Waals surface area contributed by atoms with E-state index in [4.69, 9.17) is 4.74 Å². The van der Waals surface area contributed by atoms with Crippen molar-refractivity contribution in [3.8, 4) is 0 Å². The summed E-state index contributed by atoms with van der Waals surface area (Å²) in [4.78, 5) is 11.4. The van der Waals surface area contributed by atoms with E-state index in [0.717, 1.165) is 11.8 Å². The van der Waals surface area contributed by atoms with Gasteiger partial charge in [-0.1, -0.05) is 32.4 Å². The Kier molecular flexibility index (Phi) is 3.72. The molecule has 0 aliphatic heterocycles. The zero-order valence-electron chi connectivity index (χ0n) is 15.8. The standard InChI is InChI=1S/C22H34O2/c1-15-12-22-11-8-18-20(3,14-24-16(2)23)9-5-10-21(18,4)19(22)7-6-17(15)13-22/h17-19H,1,5-14H2,2-4H3/t17-,18+,19-,20-,21+,22+/m0/s1. The molecule has 4 fully saturated rings. The fourth-order valence-corrected chi connectivity index (χ4v) is 7.93. The molecule has 4 aliphatic carbocycles. The van der Waals surface area contributed by atoms with Gasteiger partial charge in [-0.3, -0.25) is 4.79 Å². The first-order valence-electron chi connectivity index (χ1n) is 10.1. The molecule has 0 aromatic carbocycles. The van der Waals surface area contributed by atoms with E-state index in [1.807, 2.05) is 0 Å². The van der Waals surface area contributed by atoms with Crippen LogP contribution in [0.2, 0.25) is 0 Å². The molecule has 24 heavy (non-hydrogen) atoms. The Morgan fingerprint density at radius 2 is 1.96 bits per heavy atom. The lowest BCUT2D eigenvalue weighted by Crippen LogP contribution is -2.57. The Balaban J connectivity index is 1.64. The Hall–Kier alpha value is -0.790. The van der Waals surface area contributed by atoms with E-state index >= 15 is 0 Å². The monoisotopic (exact) mass is 330 g/mol. The normalized spacial score (nSPS) is 50.1. The number of fused-ring (bicyclic) bond motifs is 3. The van der Waals surface area contributed by atoms with Crippen LogP contribution in [0.25, 0.3) is 0 Å². The highest BCUT2D eigenvalue weighted by Gasteiger charge is 2.63. The first-order valence-corrected chi connectivity index (χ1v) is 10.1. The van der Waals surface area contributed by atoms with Crippen molar-refractivity contribution in [2.45, 2.75) is 78.6 Å². The molecule has 2 bridgehead atoms. The fraction of sp³-hybridized carbons (Fsp3) is 0.864. The number of rotatable bonds is 2. The summed E-state index contributed by atoms with van der Waals surface area (Å²) in [6, 6.07) is 0. The molecule has 2 nitrogen and oxygen atoms in total. The van der Waals surface area contributed by atoms with Gasteiger partial charge in [-0.15, -0.1) is 0 Å². The molecule has 4 saturated carbocycles. The molecule has 0 radical (unpaired) electrons. The maximum Gasteiger partial charge on any atom is 0.302 e. The zero-order valence-corrected chi connectivity index (χ0v) is 15.8. The van der Waals surface area contributed by atoms with Gasteiger partial charge in [-0.25, -0.2) is 0 Å². The van der Waals surface area contributed by atoms with Crippen molar-refractivity contribution in [2.24, 2.45) is 34.0 Å². The summed E-state index contributed by atoms with van der Waals surface area (Å²) in [7, 11) is 0. The lowest BCUT2D eigenvalue weighted by Gasteiger charge is -2.64. The molecule has 4 aliphatic rings. The lowest BCUT2D eigenvalue weighted by atomic mass is 9.41. The number of hydrogen-bond donors (Lipinski definition) is 0. The van der Waals surface area contributed by atoms with Gasteiger partial charge in [-0.2, -0.15) is 0 Å². The molecular formula is C22H34O2. The van der Waals surface area contributed by atoms with Crippen LogP contribution < -0.4 is 0 Å². The van der Waals surface area contributed by atoms with Crippen LogP contribution in [0, 0.1) is 34.0 Å². The number of carbonyl (C=O) groups excluding carboxylic acids is 1. The molecule has 6 atom stereocenters. The highest BCUT2D eigenvalue weighted by atomic mass is 16.5. The van der Waals surface area contributed by atoms with Gasteiger partial charge in [0.2, 0.25) is 0 Å². The summed E-state index contributed by atoms with van der Waals surface area (Å²) in [5, 5.41) is 0. The van der Waals surface area contributed by atoms with Crippen LogP contribution >= 0.6 is 0 Å². The van der Waals surface area contributed by atoms with Crippen LogP contribution in [0.15, 0.2) is 12.2 Å². The van der Waals surface area contributed by atoms with Crippen molar-refractivity contribution in [3.05, 3.63) is 12.2 Å². The molecule has 0 heterocycles. The third-order valence-electron chi connectivity index (χ3n) is 8.79. The molecule has 134 valence electrons. The van der Waals surface area contributed by atoms with Crippen LogP contribution in [0.3, 0.4) is 0 Å². The SMILES string of the molecule is C=C1C[C@@]23CC[C@@H]4[C@](C)(COC(C)=O)CCC[C@@]4(C)[C@@H]2CC[C@H]1C3. The van der Waals surface area contributed by atoms with E-state index in [1.165, 1.54) is 57.8 Å². The minimum atomic E-state index is -0.122. The van der Waals surface area contributed by atoms with Crippen molar-refractivity contribution in [1.82, 2.24) is 0 Å². The number of hydrogen-bond acceptors (Lipinski definition) is 2. The maximum absolute atomic E-state index is 11.4. The zero-order chi connectivity index (χ0) is 17.2. The topological polar surface area (TPSA) is 26.3 Å². The second-order valence-corrected chi connectivity index (χ2v) is 10.1. The molecule has 0 aromatic rings. The molecule has 0 N–H and O–H groups in total. The van der Waals surface area contributed by atoms with Crippen LogP contribution in [-0.4, -0.2) is 12.6 Å². The Morgan fingerprint density at radius 3 is 2.71 bits per heavy atom. The van der Waals surface area contributed by atoms with E-state index in [1.54, 1.807) is 12.5 Å². The minimum Gasteiger partial charge on any atom is -0.465 e. The molecule has 0 amide bonds. The highest BCUT2D eigenvalue weighted by Crippen LogP contribution is 2.72. The Bertz CT molecular complexity index is 566. The largest absolute Gasteiger partial charge is 0.465 e. The van der Waals surface area contributed by atoms with Gasteiger partial charge in [0.15, 0.2) is 0 Å². The van der Waals surface area contributed by atoms with Gasteiger partial charge in [0.25, 0.3) is 0 Å². The van der Waals surface area contributed by atoms with Gasteiger partial charge in [-0.05, 0) is 80.0 Å². The average molecular weight is 331 g/mol. The van der Waals surface area contributed by atoms with Gasteiger partial charge >= 0.3 is 5.97 Å². The molecule has 0 unspecified atom stereocenters. The summed E-state index contributed by atoms with van der Waals surface area (Å²) < 4.78 is 5.54. The Labute approximate surface area is 147 Å². The molecule has 2 heteroatoms. The highest BCUT2D eigenvalue weighted by molar-refractivity contribution is 5.65. The third kappa shape index (κ3) is 2.24. The minimum absolute atomic E-state index is 0.122. The van der Waals surface area contributed by atoms with E-state index in [0.29, 0.717) is 23.4 Å². The molecule has 1 spiro atoms. The predicted octanol–water partition coefficient (Wildman–Crippen LogP) is 5.52. The van der Waals surface area contributed by atoms with Crippen molar-refractivity contribution in [2.75, 3.05) is 6.61 Å². The van der Waals surface area contributed by atoms with E-state index in [-0.39, 0.29) is 11.4 Å². The lowest BCUT2D eigenvalue weighted by molar-refractivity contribution is -0.172. The number of allylic oxidation sites excluding steroid dienone is 1. The Morgan fingerprint density at radius 1 is 1.17 bits per heavy atom.